The van der Waals surface area contributed by atoms with Crippen LogP contribution in [0.3, 0.4) is 0 Å². The van der Waals surface area contributed by atoms with Crippen molar-refractivity contribution in [3.8, 4) is 5.82 Å². The van der Waals surface area contributed by atoms with Crippen molar-refractivity contribution in [2.45, 2.75) is 6.18 Å². The highest BCUT2D eigenvalue weighted by molar-refractivity contribution is 5.40. The number of nitrogens with two attached hydrogens (primary N) is 1. The van der Waals surface area contributed by atoms with Gasteiger partial charge in [-0.05, 0) is 24.3 Å². The van der Waals surface area contributed by atoms with Crippen molar-refractivity contribution in [2.75, 3.05) is 5.73 Å². The van der Waals surface area contributed by atoms with E-state index < -0.39 is 17.4 Å². The van der Waals surface area contributed by atoms with Crippen LogP contribution in [0.5, 0.6) is 0 Å². The molecule has 94 valence electrons. The van der Waals surface area contributed by atoms with E-state index in [0.29, 0.717) is 4.57 Å². The van der Waals surface area contributed by atoms with Crippen LogP contribution in [0.25, 0.3) is 5.82 Å². The topological polar surface area (TPSA) is 60.9 Å². The zero-order valence-corrected chi connectivity index (χ0v) is 8.98. The van der Waals surface area contributed by atoms with E-state index in [2.05, 4.69) is 4.98 Å². The summed E-state index contributed by atoms with van der Waals surface area (Å²) >= 11 is 0. The molecule has 0 aliphatic rings. The van der Waals surface area contributed by atoms with Gasteiger partial charge in [0.05, 0.1) is 5.69 Å². The van der Waals surface area contributed by atoms with Gasteiger partial charge < -0.3 is 5.73 Å². The van der Waals surface area contributed by atoms with E-state index in [1.807, 2.05) is 0 Å². The van der Waals surface area contributed by atoms with E-state index in [9.17, 15) is 18.0 Å². The third-order valence-electron chi connectivity index (χ3n) is 2.28. The predicted molar refractivity (Wildman–Crippen MR) is 59.2 cm³/mol. The molecular formula is C11H8F3N3O. The Balaban J connectivity index is 2.80. The fourth-order valence-corrected chi connectivity index (χ4v) is 1.49. The van der Waals surface area contributed by atoms with E-state index in [-0.39, 0.29) is 11.5 Å². The van der Waals surface area contributed by atoms with E-state index in [1.165, 1.54) is 24.4 Å². The van der Waals surface area contributed by atoms with Gasteiger partial charge in [-0.1, -0.05) is 6.07 Å². The molecule has 0 aliphatic carbocycles. The first-order valence-corrected chi connectivity index (χ1v) is 4.91. The van der Waals surface area contributed by atoms with Crippen molar-refractivity contribution in [1.29, 1.82) is 0 Å². The summed E-state index contributed by atoms with van der Waals surface area (Å²) < 4.78 is 38.9. The Kier molecular flexibility index (Phi) is 2.82. The molecule has 0 fully saturated rings. The van der Waals surface area contributed by atoms with Gasteiger partial charge in [0, 0.05) is 6.20 Å². The minimum absolute atomic E-state index is 0.123. The average Bonchev–Trinajstić information content (AvgIpc) is 2.32. The van der Waals surface area contributed by atoms with E-state index >= 15 is 0 Å². The van der Waals surface area contributed by atoms with Crippen LogP contribution in [0.4, 0.5) is 18.9 Å². The first-order valence-electron chi connectivity index (χ1n) is 4.91. The molecule has 0 saturated carbocycles. The van der Waals surface area contributed by atoms with Crippen molar-refractivity contribution in [3.05, 3.63) is 52.6 Å². The SMILES string of the molecule is Nc1ccc(C(F)(F)F)n(-c2ccccn2)c1=O. The number of anilines is 1. The van der Waals surface area contributed by atoms with Crippen molar-refractivity contribution < 1.29 is 13.2 Å². The molecule has 0 amide bonds. The number of halogens is 3. The zero-order chi connectivity index (χ0) is 13.3. The Morgan fingerprint density at radius 2 is 1.89 bits per heavy atom. The van der Waals surface area contributed by atoms with Crippen LogP contribution < -0.4 is 11.3 Å². The zero-order valence-electron chi connectivity index (χ0n) is 8.98. The smallest absolute Gasteiger partial charge is 0.394 e. The molecule has 0 saturated heterocycles. The van der Waals surface area contributed by atoms with Gasteiger partial charge in [-0.3, -0.25) is 9.36 Å². The number of hydrogen-bond donors (Lipinski definition) is 1. The van der Waals surface area contributed by atoms with Gasteiger partial charge in [0.1, 0.15) is 11.5 Å². The maximum atomic E-state index is 12.8. The van der Waals surface area contributed by atoms with Gasteiger partial charge in [0.15, 0.2) is 0 Å². The van der Waals surface area contributed by atoms with Crippen LogP contribution in [0.1, 0.15) is 5.69 Å². The molecule has 2 aromatic heterocycles. The summed E-state index contributed by atoms with van der Waals surface area (Å²) in [5.41, 5.74) is 3.02. The maximum Gasteiger partial charge on any atom is 0.431 e. The van der Waals surface area contributed by atoms with E-state index in [1.54, 1.807) is 0 Å². The molecule has 0 spiro atoms. The van der Waals surface area contributed by atoms with Gasteiger partial charge in [0.2, 0.25) is 0 Å². The molecule has 0 aliphatic heterocycles. The molecule has 0 aromatic carbocycles. The average molecular weight is 255 g/mol. The molecule has 4 nitrogen and oxygen atoms in total. The highest BCUT2D eigenvalue weighted by Crippen LogP contribution is 2.29. The summed E-state index contributed by atoms with van der Waals surface area (Å²) in [4.78, 5) is 15.5. The largest absolute Gasteiger partial charge is 0.431 e. The Hall–Kier alpha value is -2.31. The van der Waals surface area contributed by atoms with Gasteiger partial charge in [-0.15, -0.1) is 0 Å². The molecule has 2 N–H and O–H groups in total. The molecule has 2 heterocycles. The minimum Gasteiger partial charge on any atom is -0.394 e. The summed E-state index contributed by atoms with van der Waals surface area (Å²) in [6.07, 6.45) is -3.37. The lowest BCUT2D eigenvalue weighted by atomic mass is 10.3. The second-order valence-corrected chi connectivity index (χ2v) is 3.50. The number of rotatable bonds is 1. The fraction of sp³-hybridized carbons (Fsp3) is 0.0909. The standard InChI is InChI=1S/C11H8F3N3O/c12-11(13,14)8-5-4-7(15)10(18)17(8)9-3-1-2-6-16-9/h1-6H,15H2. The van der Waals surface area contributed by atoms with Gasteiger partial charge in [-0.2, -0.15) is 13.2 Å². The molecule has 2 rings (SSSR count). The number of nitrogens with zero attached hydrogens (tertiary/aromatic N) is 2. The van der Waals surface area contributed by atoms with Crippen LogP contribution in [-0.2, 0) is 6.18 Å². The molecule has 2 aromatic rings. The van der Waals surface area contributed by atoms with Crippen LogP contribution in [-0.4, -0.2) is 9.55 Å². The van der Waals surface area contributed by atoms with Gasteiger partial charge in [-0.25, -0.2) is 4.98 Å². The first-order chi connectivity index (χ1) is 8.41. The first kappa shape index (κ1) is 12.2. The Bertz CT molecular complexity index is 620. The van der Waals surface area contributed by atoms with Gasteiger partial charge in [0.25, 0.3) is 5.56 Å². The second kappa shape index (κ2) is 4.17. The molecule has 0 unspecified atom stereocenters. The van der Waals surface area contributed by atoms with Crippen molar-refractivity contribution in [1.82, 2.24) is 9.55 Å². The number of pyridine rings is 2. The van der Waals surface area contributed by atoms with Crippen LogP contribution >= 0.6 is 0 Å². The monoisotopic (exact) mass is 255 g/mol. The number of aromatic nitrogens is 2. The highest BCUT2D eigenvalue weighted by Gasteiger charge is 2.35. The lowest BCUT2D eigenvalue weighted by Gasteiger charge is -2.14. The lowest BCUT2D eigenvalue weighted by Crippen LogP contribution is -2.28. The number of nitrogen functional groups attached to an aromatic ring is 1. The van der Waals surface area contributed by atoms with Crippen molar-refractivity contribution >= 4 is 5.69 Å². The number of hydrogen-bond acceptors (Lipinski definition) is 3. The molecular weight excluding hydrogens is 247 g/mol. The Morgan fingerprint density at radius 1 is 1.17 bits per heavy atom. The predicted octanol–water partition coefficient (Wildman–Crippen LogP) is 1.83. The van der Waals surface area contributed by atoms with E-state index in [0.717, 1.165) is 12.1 Å². The normalized spacial score (nSPS) is 11.5. The molecule has 0 atom stereocenters. The highest BCUT2D eigenvalue weighted by atomic mass is 19.4. The summed E-state index contributed by atoms with van der Waals surface area (Å²) in [5.74, 6) is -0.123. The van der Waals surface area contributed by atoms with Crippen molar-refractivity contribution in [3.63, 3.8) is 0 Å². The molecule has 7 heteroatoms. The van der Waals surface area contributed by atoms with Crippen molar-refractivity contribution in [2.24, 2.45) is 0 Å². The summed E-state index contributed by atoms with van der Waals surface area (Å²) in [7, 11) is 0. The number of alkyl halides is 3. The third kappa shape index (κ3) is 2.06. The lowest BCUT2D eigenvalue weighted by molar-refractivity contribution is -0.142. The Morgan fingerprint density at radius 3 is 2.44 bits per heavy atom. The second-order valence-electron chi connectivity index (χ2n) is 3.50. The van der Waals surface area contributed by atoms with Gasteiger partial charge >= 0.3 is 6.18 Å². The van der Waals surface area contributed by atoms with E-state index in [4.69, 9.17) is 5.73 Å². The maximum absolute atomic E-state index is 12.8. The Labute approximate surface area is 99.5 Å². The molecule has 18 heavy (non-hydrogen) atoms. The molecule has 0 radical (unpaired) electrons. The van der Waals surface area contributed by atoms with Crippen LogP contribution in [0, 0.1) is 0 Å². The minimum atomic E-state index is -4.66. The summed E-state index contributed by atoms with van der Waals surface area (Å²) in [6, 6.07) is 6.01. The molecule has 0 bridgehead atoms. The quantitative estimate of drug-likeness (QED) is 0.845. The fourth-order valence-electron chi connectivity index (χ4n) is 1.49. The van der Waals surface area contributed by atoms with Crippen LogP contribution in [0.2, 0.25) is 0 Å². The summed E-state index contributed by atoms with van der Waals surface area (Å²) in [6.45, 7) is 0. The summed E-state index contributed by atoms with van der Waals surface area (Å²) in [5, 5.41) is 0. The van der Waals surface area contributed by atoms with Crippen LogP contribution in [0.15, 0.2) is 41.3 Å². The third-order valence-corrected chi connectivity index (χ3v) is 2.28.